The summed E-state index contributed by atoms with van der Waals surface area (Å²) in [6.45, 7) is 10.8. The monoisotopic (exact) mass is 376 g/mol. The van der Waals surface area contributed by atoms with Gasteiger partial charge in [0, 0.05) is 5.54 Å². The van der Waals surface area contributed by atoms with Crippen LogP contribution in [0.15, 0.2) is 24.3 Å². The number of nitrogens with one attached hydrogen (secondary N) is 1. The van der Waals surface area contributed by atoms with Gasteiger partial charge in [-0.25, -0.2) is 4.68 Å². The summed E-state index contributed by atoms with van der Waals surface area (Å²) in [5.74, 6) is 0.434. The molecule has 0 bridgehead atoms. The molecule has 1 N–H and O–H groups in total. The Morgan fingerprint density at radius 3 is 2.38 bits per heavy atom. The average molecular weight is 377 g/mol. The van der Waals surface area contributed by atoms with Gasteiger partial charge >= 0.3 is 0 Å². The van der Waals surface area contributed by atoms with Gasteiger partial charge in [-0.3, -0.25) is 9.69 Å². The highest BCUT2D eigenvalue weighted by Gasteiger charge is 2.16. The maximum atomic E-state index is 12.0. The molecule has 26 heavy (non-hydrogen) atoms. The lowest BCUT2D eigenvalue weighted by Gasteiger charge is -2.23. The van der Waals surface area contributed by atoms with E-state index < -0.39 is 0 Å². The lowest BCUT2D eigenvalue weighted by molar-refractivity contribution is -0.123. The molecule has 0 saturated carbocycles. The van der Waals surface area contributed by atoms with Gasteiger partial charge < -0.3 is 5.32 Å². The first-order valence-corrected chi connectivity index (χ1v) is 9.10. The van der Waals surface area contributed by atoms with Gasteiger partial charge in [0.2, 0.25) is 10.7 Å². The van der Waals surface area contributed by atoms with E-state index >= 15 is 0 Å². The van der Waals surface area contributed by atoms with Crippen LogP contribution in [0.5, 0.6) is 0 Å². The van der Waals surface area contributed by atoms with Crippen molar-refractivity contribution in [2.45, 2.75) is 52.7 Å². The quantitative estimate of drug-likeness (QED) is 0.785. The highest BCUT2D eigenvalue weighted by atomic mass is 32.1. The van der Waals surface area contributed by atoms with Crippen LogP contribution in [0.1, 0.15) is 46.1 Å². The van der Waals surface area contributed by atoms with Crippen LogP contribution in [0, 0.1) is 4.77 Å². The van der Waals surface area contributed by atoms with Crippen LogP contribution in [0.3, 0.4) is 0 Å². The minimum Gasteiger partial charge on any atom is -0.350 e. The fourth-order valence-corrected chi connectivity index (χ4v) is 2.74. The van der Waals surface area contributed by atoms with Crippen molar-refractivity contribution < 1.29 is 4.79 Å². The first-order chi connectivity index (χ1) is 12.1. The third-order valence-corrected chi connectivity index (χ3v) is 4.13. The molecule has 0 saturated heterocycles. The third-order valence-electron chi connectivity index (χ3n) is 3.75. The minimum atomic E-state index is -0.250. The van der Waals surface area contributed by atoms with E-state index in [1.54, 1.807) is 9.36 Å². The molecule has 7 nitrogen and oxygen atoms in total. The average Bonchev–Trinajstić information content (AvgIpc) is 2.86. The third kappa shape index (κ3) is 5.47. The summed E-state index contributed by atoms with van der Waals surface area (Å²) in [7, 11) is 1.85. The molecule has 1 aromatic carbocycles. The van der Waals surface area contributed by atoms with E-state index in [-0.39, 0.29) is 18.0 Å². The number of tetrazole rings is 1. The van der Waals surface area contributed by atoms with Gasteiger partial charge in [0.15, 0.2) is 0 Å². The Kier molecular flexibility index (Phi) is 6.30. The molecule has 2 aromatic rings. The fraction of sp³-hybridized carbons (Fsp3) is 0.556. The standard InChI is InChI=1S/C18H28N6OS/c1-13(2)14-7-9-15(10-8-14)24-17(26)23(20-21-24)12-22(6)11-16(25)19-18(3,4)5/h7-10,13H,11-12H2,1-6H3,(H,19,25). The first-order valence-electron chi connectivity index (χ1n) is 8.69. The van der Waals surface area contributed by atoms with E-state index in [0.29, 0.717) is 17.4 Å². The van der Waals surface area contributed by atoms with Gasteiger partial charge in [0.05, 0.1) is 18.9 Å². The maximum Gasteiger partial charge on any atom is 0.234 e. The first kappa shape index (κ1) is 20.3. The summed E-state index contributed by atoms with van der Waals surface area (Å²) in [5.41, 5.74) is 1.88. The topological polar surface area (TPSA) is 68.0 Å². The number of benzene rings is 1. The van der Waals surface area contributed by atoms with Crippen molar-refractivity contribution >= 4 is 18.1 Å². The van der Waals surface area contributed by atoms with Gasteiger partial charge in [-0.1, -0.05) is 26.0 Å². The number of likely N-dealkylation sites (N-methyl/N-ethyl adjacent to an activating group) is 1. The van der Waals surface area contributed by atoms with Crippen molar-refractivity contribution in [1.29, 1.82) is 0 Å². The lowest BCUT2D eigenvalue weighted by Crippen LogP contribution is -2.45. The van der Waals surface area contributed by atoms with Crippen LogP contribution in [0.25, 0.3) is 5.69 Å². The summed E-state index contributed by atoms with van der Waals surface area (Å²) < 4.78 is 3.73. The summed E-state index contributed by atoms with van der Waals surface area (Å²) in [6, 6.07) is 8.13. The largest absolute Gasteiger partial charge is 0.350 e. The Bertz CT molecular complexity index is 800. The molecule has 0 fully saturated rings. The molecule has 0 unspecified atom stereocenters. The fourth-order valence-electron chi connectivity index (χ4n) is 2.51. The van der Waals surface area contributed by atoms with Crippen LogP contribution in [0.2, 0.25) is 0 Å². The number of hydrogen-bond donors (Lipinski definition) is 1. The van der Waals surface area contributed by atoms with Crippen LogP contribution in [0.4, 0.5) is 0 Å². The SMILES string of the molecule is CC(C)c1ccc(-n2nnn(CN(C)CC(=O)NC(C)(C)C)c2=S)cc1. The van der Waals surface area contributed by atoms with Gasteiger partial charge in [-0.2, -0.15) is 4.68 Å². The molecule has 8 heteroatoms. The van der Waals surface area contributed by atoms with Crippen LogP contribution in [-0.4, -0.2) is 49.7 Å². The Balaban J connectivity index is 2.06. The number of carbonyl (C=O) groups is 1. The van der Waals surface area contributed by atoms with E-state index in [0.717, 1.165) is 5.69 Å². The van der Waals surface area contributed by atoms with Gasteiger partial charge in [-0.15, -0.1) is 0 Å². The van der Waals surface area contributed by atoms with Gasteiger partial charge in [0.1, 0.15) is 0 Å². The molecule has 0 aliphatic carbocycles. The van der Waals surface area contributed by atoms with Crippen molar-refractivity contribution in [3.05, 3.63) is 34.6 Å². The number of hydrogen-bond acceptors (Lipinski definition) is 5. The Hall–Kier alpha value is -2.06. The van der Waals surface area contributed by atoms with E-state index in [9.17, 15) is 4.79 Å². The lowest BCUT2D eigenvalue weighted by atomic mass is 10.0. The Morgan fingerprint density at radius 2 is 1.85 bits per heavy atom. The molecule has 0 atom stereocenters. The second-order valence-electron chi connectivity index (χ2n) is 7.87. The zero-order valence-electron chi connectivity index (χ0n) is 16.4. The molecular formula is C18H28N6OS. The van der Waals surface area contributed by atoms with Crippen molar-refractivity contribution in [3.63, 3.8) is 0 Å². The molecule has 2 rings (SSSR count). The van der Waals surface area contributed by atoms with E-state index in [1.165, 1.54) is 5.56 Å². The van der Waals surface area contributed by atoms with E-state index in [1.807, 2.05) is 44.9 Å². The Labute approximate surface area is 160 Å². The predicted octanol–water partition coefficient (Wildman–Crippen LogP) is 2.73. The molecule has 1 aromatic heterocycles. The molecule has 0 radical (unpaired) electrons. The van der Waals surface area contributed by atoms with Crippen molar-refractivity contribution in [3.8, 4) is 5.69 Å². The Morgan fingerprint density at radius 1 is 1.23 bits per heavy atom. The number of rotatable bonds is 6. The number of amides is 1. The zero-order valence-corrected chi connectivity index (χ0v) is 17.2. The van der Waals surface area contributed by atoms with Gasteiger partial charge in [-0.05, 0) is 74.1 Å². The zero-order chi connectivity index (χ0) is 19.5. The molecule has 0 spiro atoms. The van der Waals surface area contributed by atoms with Crippen molar-refractivity contribution in [1.82, 2.24) is 30.0 Å². The van der Waals surface area contributed by atoms with Crippen molar-refractivity contribution in [2.24, 2.45) is 0 Å². The summed E-state index contributed by atoms with van der Waals surface area (Å²) in [5, 5.41) is 11.2. The van der Waals surface area contributed by atoms with Gasteiger partial charge in [0.25, 0.3) is 0 Å². The van der Waals surface area contributed by atoms with Crippen LogP contribution in [-0.2, 0) is 11.5 Å². The maximum absolute atomic E-state index is 12.0. The van der Waals surface area contributed by atoms with Crippen molar-refractivity contribution in [2.75, 3.05) is 13.6 Å². The summed E-state index contributed by atoms with van der Waals surface area (Å²) in [6.07, 6.45) is 0. The number of nitrogens with zero attached hydrogens (tertiary/aromatic N) is 5. The minimum absolute atomic E-state index is 0.0387. The summed E-state index contributed by atoms with van der Waals surface area (Å²) >= 11 is 5.49. The number of aromatic nitrogens is 4. The molecule has 1 amide bonds. The molecular weight excluding hydrogens is 348 g/mol. The normalized spacial score (nSPS) is 12.0. The molecule has 142 valence electrons. The molecule has 0 aliphatic heterocycles. The van der Waals surface area contributed by atoms with E-state index in [2.05, 4.69) is 41.7 Å². The summed E-state index contributed by atoms with van der Waals surface area (Å²) in [4.78, 5) is 13.9. The van der Waals surface area contributed by atoms with Crippen LogP contribution < -0.4 is 5.32 Å². The predicted molar refractivity (Wildman–Crippen MR) is 105 cm³/mol. The highest BCUT2D eigenvalue weighted by molar-refractivity contribution is 7.71. The second-order valence-corrected chi connectivity index (χ2v) is 8.24. The van der Waals surface area contributed by atoms with Crippen LogP contribution >= 0.6 is 12.2 Å². The molecule has 1 heterocycles. The van der Waals surface area contributed by atoms with E-state index in [4.69, 9.17) is 12.2 Å². The second kappa shape index (κ2) is 8.09. The highest BCUT2D eigenvalue weighted by Crippen LogP contribution is 2.16. The smallest absolute Gasteiger partial charge is 0.234 e. The molecule has 0 aliphatic rings. The number of carbonyl (C=O) groups excluding carboxylic acids is 1.